The Bertz CT molecular complexity index is 260. The fraction of sp³-hybridized carbons (Fsp3) is 0.867. The molecule has 18 heavy (non-hydrogen) atoms. The SMILES string of the molecule is C#CCN1CCC(NCCC2CCCCO2)CC1. The van der Waals surface area contributed by atoms with Crippen LogP contribution >= 0.6 is 0 Å². The zero-order valence-corrected chi connectivity index (χ0v) is 11.4. The van der Waals surface area contributed by atoms with Crippen LogP contribution in [0.3, 0.4) is 0 Å². The van der Waals surface area contributed by atoms with Gasteiger partial charge in [-0.25, -0.2) is 0 Å². The monoisotopic (exact) mass is 250 g/mol. The van der Waals surface area contributed by atoms with Crippen LogP contribution in [0.2, 0.25) is 0 Å². The van der Waals surface area contributed by atoms with Gasteiger partial charge in [0.15, 0.2) is 0 Å². The second-order valence-corrected chi connectivity index (χ2v) is 5.49. The summed E-state index contributed by atoms with van der Waals surface area (Å²) in [4.78, 5) is 2.36. The highest BCUT2D eigenvalue weighted by molar-refractivity contribution is 4.90. The fourth-order valence-electron chi connectivity index (χ4n) is 2.91. The number of nitrogens with one attached hydrogen (secondary N) is 1. The van der Waals surface area contributed by atoms with Crippen molar-refractivity contribution in [1.82, 2.24) is 10.2 Å². The lowest BCUT2D eigenvalue weighted by Gasteiger charge is -2.31. The molecule has 2 aliphatic rings. The molecule has 2 heterocycles. The van der Waals surface area contributed by atoms with Crippen molar-refractivity contribution in [1.29, 1.82) is 0 Å². The molecular formula is C15H26N2O. The van der Waals surface area contributed by atoms with E-state index in [4.69, 9.17) is 11.2 Å². The van der Waals surface area contributed by atoms with Crippen LogP contribution < -0.4 is 5.32 Å². The van der Waals surface area contributed by atoms with E-state index in [1.54, 1.807) is 0 Å². The summed E-state index contributed by atoms with van der Waals surface area (Å²) < 4.78 is 5.75. The van der Waals surface area contributed by atoms with E-state index in [0.717, 1.165) is 32.8 Å². The lowest BCUT2D eigenvalue weighted by Crippen LogP contribution is -2.43. The van der Waals surface area contributed by atoms with Crippen LogP contribution in [0.15, 0.2) is 0 Å². The first-order valence-electron chi connectivity index (χ1n) is 7.39. The van der Waals surface area contributed by atoms with Gasteiger partial charge in [0, 0.05) is 25.7 Å². The van der Waals surface area contributed by atoms with Gasteiger partial charge in [-0.05, 0) is 45.1 Å². The Morgan fingerprint density at radius 2 is 2.06 bits per heavy atom. The van der Waals surface area contributed by atoms with Crippen LogP contribution in [0.1, 0.15) is 38.5 Å². The maximum Gasteiger partial charge on any atom is 0.0598 e. The summed E-state index contributed by atoms with van der Waals surface area (Å²) in [7, 11) is 0. The molecule has 2 rings (SSSR count). The number of rotatable bonds is 5. The third-order valence-corrected chi connectivity index (χ3v) is 4.08. The number of ether oxygens (including phenoxy) is 1. The minimum atomic E-state index is 0.507. The van der Waals surface area contributed by atoms with Crippen LogP contribution in [0, 0.1) is 12.3 Å². The molecule has 0 radical (unpaired) electrons. The minimum Gasteiger partial charge on any atom is -0.378 e. The van der Waals surface area contributed by atoms with E-state index in [2.05, 4.69) is 16.1 Å². The molecular weight excluding hydrogens is 224 g/mol. The maximum absolute atomic E-state index is 5.75. The van der Waals surface area contributed by atoms with Crippen molar-refractivity contribution in [3.63, 3.8) is 0 Å². The van der Waals surface area contributed by atoms with Gasteiger partial charge in [-0.3, -0.25) is 4.90 Å². The Morgan fingerprint density at radius 1 is 1.22 bits per heavy atom. The van der Waals surface area contributed by atoms with E-state index < -0.39 is 0 Å². The Morgan fingerprint density at radius 3 is 2.72 bits per heavy atom. The minimum absolute atomic E-state index is 0.507. The molecule has 2 fully saturated rings. The van der Waals surface area contributed by atoms with E-state index in [-0.39, 0.29) is 0 Å². The van der Waals surface area contributed by atoms with E-state index in [1.807, 2.05) is 0 Å². The Kier molecular flexibility index (Phi) is 5.99. The molecule has 0 aromatic rings. The van der Waals surface area contributed by atoms with Crippen LogP contribution in [-0.4, -0.2) is 49.8 Å². The molecule has 102 valence electrons. The second-order valence-electron chi connectivity index (χ2n) is 5.49. The van der Waals surface area contributed by atoms with Crippen LogP contribution in [-0.2, 0) is 4.74 Å². The normalized spacial score (nSPS) is 26.9. The maximum atomic E-state index is 5.75. The zero-order chi connectivity index (χ0) is 12.6. The van der Waals surface area contributed by atoms with Gasteiger partial charge in [0.05, 0.1) is 12.6 Å². The fourth-order valence-corrected chi connectivity index (χ4v) is 2.91. The average molecular weight is 250 g/mol. The smallest absolute Gasteiger partial charge is 0.0598 e. The molecule has 0 amide bonds. The quantitative estimate of drug-likeness (QED) is 0.751. The third-order valence-electron chi connectivity index (χ3n) is 4.08. The molecule has 2 aliphatic heterocycles. The summed E-state index contributed by atoms with van der Waals surface area (Å²) in [6.07, 6.45) is 13.3. The third kappa shape index (κ3) is 4.61. The van der Waals surface area contributed by atoms with Crippen molar-refractivity contribution < 1.29 is 4.74 Å². The van der Waals surface area contributed by atoms with Crippen molar-refractivity contribution in [2.75, 3.05) is 32.8 Å². The Hall–Kier alpha value is -0.560. The predicted octanol–water partition coefficient (Wildman–Crippen LogP) is 1.63. The van der Waals surface area contributed by atoms with Gasteiger partial charge in [-0.15, -0.1) is 6.42 Å². The predicted molar refractivity (Wildman–Crippen MR) is 74.5 cm³/mol. The number of terminal acetylenes is 1. The number of piperidine rings is 1. The van der Waals surface area contributed by atoms with Crippen molar-refractivity contribution in [2.24, 2.45) is 0 Å². The van der Waals surface area contributed by atoms with Crippen LogP contribution in [0.4, 0.5) is 0 Å². The summed E-state index contributed by atoms with van der Waals surface area (Å²) in [5, 5.41) is 3.67. The number of nitrogens with zero attached hydrogens (tertiary/aromatic N) is 1. The molecule has 0 aliphatic carbocycles. The first-order valence-corrected chi connectivity index (χ1v) is 7.39. The van der Waals surface area contributed by atoms with Gasteiger partial charge in [0.25, 0.3) is 0 Å². The van der Waals surface area contributed by atoms with Gasteiger partial charge >= 0.3 is 0 Å². The summed E-state index contributed by atoms with van der Waals surface area (Å²) in [6.45, 7) is 5.16. The molecule has 0 spiro atoms. The van der Waals surface area contributed by atoms with Gasteiger partial charge < -0.3 is 10.1 Å². The summed E-state index contributed by atoms with van der Waals surface area (Å²) >= 11 is 0. The van der Waals surface area contributed by atoms with Crippen molar-refractivity contribution in [3.05, 3.63) is 0 Å². The van der Waals surface area contributed by atoms with E-state index in [0.29, 0.717) is 12.1 Å². The molecule has 1 N–H and O–H groups in total. The topological polar surface area (TPSA) is 24.5 Å². The highest BCUT2D eigenvalue weighted by Gasteiger charge is 2.19. The lowest BCUT2D eigenvalue weighted by molar-refractivity contribution is 0.0109. The molecule has 3 heteroatoms. The van der Waals surface area contributed by atoms with Gasteiger partial charge in [0.1, 0.15) is 0 Å². The van der Waals surface area contributed by atoms with Crippen molar-refractivity contribution in [3.8, 4) is 12.3 Å². The first-order chi connectivity index (χ1) is 8.88. The molecule has 3 nitrogen and oxygen atoms in total. The molecule has 0 aromatic heterocycles. The highest BCUT2D eigenvalue weighted by atomic mass is 16.5. The summed E-state index contributed by atoms with van der Waals surface area (Å²) in [5.41, 5.74) is 0. The molecule has 0 aromatic carbocycles. The number of likely N-dealkylation sites (tertiary alicyclic amines) is 1. The van der Waals surface area contributed by atoms with Gasteiger partial charge in [-0.1, -0.05) is 5.92 Å². The molecule has 1 unspecified atom stereocenters. The van der Waals surface area contributed by atoms with E-state index >= 15 is 0 Å². The van der Waals surface area contributed by atoms with Crippen molar-refractivity contribution >= 4 is 0 Å². The standard InChI is InChI=1S/C15H26N2O/c1-2-10-17-11-7-14(8-12-17)16-9-6-15-5-3-4-13-18-15/h1,14-16H,3-13H2. The molecule has 1 atom stereocenters. The van der Waals surface area contributed by atoms with Gasteiger partial charge in [-0.2, -0.15) is 0 Å². The summed E-state index contributed by atoms with van der Waals surface area (Å²) in [6, 6.07) is 0.683. The van der Waals surface area contributed by atoms with Gasteiger partial charge in [0.2, 0.25) is 0 Å². The average Bonchev–Trinajstić information content (AvgIpc) is 2.42. The summed E-state index contributed by atoms with van der Waals surface area (Å²) in [5.74, 6) is 2.73. The highest BCUT2D eigenvalue weighted by Crippen LogP contribution is 2.15. The number of hydrogen-bond donors (Lipinski definition) is 1. The first kappa shape index (κ1) is 13.9. The number of hydrogen-bond acceptors (Lipinski definition) is 3. The second kappa shape index (κ2) is 7.78. The molecule has 0 bridgehead atoms. The zero-order valence-electron chi connectivity index (χ0n) is 11.4. The van der Waals surface area contributed by atoms with E-state index in [9.17, 15) is 0 Å². The Balaban J connectivity index is 1.53. The van der Waals surface area contributed by atoms with E-state index in [1.165, 1.54) is 38.5 Å². The lowest BCUT2D eigenvalue weighted by atomic mass is 10.0. The van der Waals surface area contributed by atoms with Crippen molar-refractivity contribution in [2.45, 2.75) is 50.7 Å². The molecule has 2 saturated heterocycles. The Labute approximate surface area is 111 Å². The largest absolute Gasteiger partial charge is 0.378 e. The van der Waals surface area contributed by atoms with Crippen LogP contribution in [0.5, 0.6) is 0 Å². The molecule has 0 saturated carbocycles. The van der Waals surface area contributed by atoms with Crippen LogP contribution in [0.25, 0.3) is 0 Å².